The van der Waals surface area contributed by atoms with Gasteiger partial charge in [0.15, 0.2) is 5.69 Å². The highest BCUT2D eigenvalue weighted by Crippen LogP contribution is 2.15. The fourth-order valence-corrected chi connectivity index (χ4v) is 1.80. The van der Waals surface area contributed by atoms with Gasteiger partial charge in [0, 0.05) is 26.0 Å². The maximum Gasteiger partial charge on any atom is 0.357 e. The van der Waals surface area contributed by atoms with Gasteiger partial charge in [0.25, 0.3) is 5.91 Å². The lowest BCUT2D eigenvalue weighted by Gasteiger charge is -2.01. The summed E-state index contributed by atoms with van der Waals surface area (Å²) in [7, 11) is 1.56. The maximum absolute atomic E-state index is 12.1. The molecule has 0 saturated carbocycles. The highest BCUT2D eigenvalue weighted by Gasteiger charge is 2.21. The normalized spacial score (nSPS) is 10.6. The second-order valence-electron chi connectivity index (χ2n) is 4.31. The van der Waals surface area contributed by atoms with Crippen molar-refractivity contribution in [3.8, 4) is 0 Å². The van der Waals surface area contributed by atoms with Gasteiger partial charge in [0.1, 0.15) is 0 Å². The van der Waals surface area contributed by atoms with Crippen LogP contribution >= 0.6 is 0 Å². The van der Waals surface area contributed by atoms with Gasteiger partial charge in [-0.05, 0) is 13.8 Å². The fourth-order valence-electron chi connectivity index (χ4n) is 1.80. The van der Waals surface area contributed by atoms with Gasteiger partial charge in [-0.3, -0.25) is 14.2 Å². The predicted molar refractivity (Wildman–Crippen MR) is 70.8 cm³/mol. The number of nitrogens with one attached hydrogen (secondary N) is 1. The second-order valence-corrected chi connectivity index (χ2v) is 4.31. The van der Waals surface area contributed by atoms with E-state index in [0.29, 0.717) is 17.9 Å². The Labute approximate surface area is 115 Å². The zero-order valence-electron chi connectivity index (χ0n) is 11.4. The molecule has 1 amide bonds. The van der Waals surface area contributed by atoms with Crippen LogP contribution in [0.5, 0.6) is 0 Å². The van der Waals surface area contributed by atoms with Crippen molar-refractivity contribution in [2.24, 2.45) is 7.05 Å². The van der Waals surface area contributed by atoms with Crippen molar-refractivity contribution in [1.82, 2.24) is 19.6 Å². The van der Waals surface area contributed by atoms with Crippen LogP contribution < -0.4 is 5.32 Å². The summed E-state index contributed by atoms with van der Waals surface area (Å²) in [4.78, 5) is 23.2. The standard InChI is InChI=1S/C12H15N5O3/c1-4-17-6-9(7(2)14-17)13-11(18)8-5-16(3)15-10(8)12(19)20/h5-6H,4H2,1-3H3,(H,13,18)(H,19,20). The molecule has 2 heterocycles. The summed E-state index contributed by atoms with van der Waals surface area (Å²) in [6.07, 6.45) is 3.07. The number of anilines is 1. The molecule has 0 fully saturated rings. The summed E-state index contributed by atoms with van der Waals surface area (Å²) >= 11 is 0. The van der Waals surface area contributed by atoms with Crippen molar-refractivity contribution in [3.63, 3.8) is 0 Å². The number of nitrogens with zero attached hydrogens (tertiary/aromatic N) is 4. The van der Waals surface area contributed by atoms with E-state index in [2.05, 4.69) is 15.5 Å². The predicted octanol–water partition coefficient (Wildman–Crippen LogP) is 0.895. The molecule has 0 radical (unpaired) electrons. The van der Waals surface area contributed by atoms with E-state index in [1.54, 1.807) is 24.9 Å². The minimum atomic E-state index is -1.24. The van der Waals surface area contributed by atoms with Crippen LogP contribution in [-0.2, 0) is 13.6 Å². The minimum absolute atomic E-state index is 0.0173. The molecule has 0 spiro atoms. The number of carboxylic acids is 1. The van der Waals surface area contributed by atoms with Gasteiger partial charge in [-0.15, -0.1) is 0 Å². The van der Waals surface area contributed by atoms with Gasteiger partial charge in [-0.25, -0.2) is 4.79 Å². The number of aromatic nitrogens is 4. The number of aryl methyl sites for hydroxylation is 3. The van der Waals surface area contributed by atoms with Crippen LogP contribution in [0.2, 0.25) is 0 Å². The maximum atomic E-state index is 12.1. The molecular weight excluding hydrogens is 262 g/mol. The van der Waals surface area contributed by atoms with Crippen LogP contribution in [0.1, 0.15) is 33.5 Å². The first kappa shape index (κ1) is 13.8. The molecule has 0 saturated heterocycles. The molecule has 0 atom stereocenters. The van der Waals surface area contributed by atoms with Gasteiger partial charge in [0.2, 0.25) is 0 Å². The molecule has 2 aromatic rings. The van der Waals surface area contributed by atoms with Crippen molar-refractivity contribution < 1.29 is 14.7 Å². The van der Waals surface area contributed by atoms with Crippen molar-refractivity contribution in [2.75, 3.05) is 5.32 Å². The molecule has 0 aliphatic heterocycles. The van der Waals surface area contributed by atoms with E-state index in [1.165, 1.54) is 10.9 Å². The fraction of sp³-hybridized carbons (Fsp3) is 0.333. The largest absolute Gasteiger partial charge is 0.476 e. The Morgan fingerprint density at radius 3 is 2.60 bits per heavy atom. The van der Waals surface area contributed by atoms with Crippen LogP contribution in [0.15, 0.2) is 12.4 Å². The third-order valence-corrected chi connectivity index (χ3v) is 2.79. The highest BCUT2D eigenvalue weighted by atomic mass is 16.4. The monoisotopic (exact) mass is 277 g/mol. The lowest BCUT2D eigenvalue weighted by atomic mass is 10.2. The van der Waals surface area contributed by atoms with Crippen molar-refractivity contribution in [3.05, 3.63) is 29.3 Å². The van der Waals surface area contributed by atoms with Crippen LogP contribution in [0, 0.1) is 6.92 Å². The van der Waals surface area contributed by atoms with Gasteiger partial charge < -0.3 is 10.4 Å². The number of aromatic carboxylic acids is 1. The first-order valence-corrected chi connectivity index (χ1v) is 6.04. The quantitative estimate of drug-likeness (QED) is 0.864. The summed E-state index contributed by atoms with van der Waals surface area (Å²) in [5.41, 5.74) is 0.965. The number of hydrogen-bond donors (Lipinski definition) is 2. The Morgan fingerprint density at radius 1 is 1.35 bits per heavy atom. The molecule has 2 N–H and O–H groups in total. The minimum Gasteiger partial charge on any atom is -0.476 e. The van der Waals surface area contributed by atoms with Gasteiger partial charge in [-0.1, -0.05) is 0 Å². The SMILES string of the molecule is CCn1cc(NC(=O)c2cn(C)nc2C(=O)O)c(C)n1. The van der Waals surface area contributed by atoms with Crippen molar-refractivity contribution in [1.29, 1.82) is 0 Å². The van der Waals surface area contributed by atoms with E-state index in [9.17, 15) is 9.59 Å². The summed E-state index contributed by atoms with van der Waals surface area (Å²) in [5.74, 6) is -1.76. The average molecular weight is 277 g/mol. The number of carbonyl (C=O) groups is 2. The Kier molecular flexibility index (Phi) is 3.55. The van der Waals surface area contributed by atoms with Gasteiger partial charge in [0.05, 0.1) is 16.9 Å². The molecule has 0 aliphatic rings. The van der Waals surface area contributed by atoms with E-state index in [1.807, 2.05) is 6.92 Å². The lowest BCUT2D eigenvalue weighted by Crippen LogP contribution is -2.15. The van der Waals surface area contributed by atoms with E-state index >= 15 is 0 Å². The third kappa shape index (κ3) is 2.53. The Bertz CT molecular complexity index is 671. The van der Waals surface area contributed by atoms with E-state index in [4.69, 9.17) is 5.11 Å². The zero-order valence-corrected chi connectivity index (χ0v) is 11.4. The van der Waals surface area contributed by atoms with Crippen LogP contribution in [-0.4, -0.2) is 36.5 Å². The molecule has 0 bridgehead atoms. The topological polar surface area (TPSA) is 102 Å². The molecule has 8 heteroatoms. The molecule has 106 valence electrons. The summed E-state index contributed by atoms with van der Waals surface area (Å²) < 4.78 is 2.98. The molecule has 8 nitrogen and oxygen atoms in total. The molecule has 0 aromatic carbocycles. The number of rotatable bonds is 4. The molecule has 0 unspecified atom stereocenters. The van der Waals surface area contributed by atoms with Crippen LogP contribution in [0.3, 0.4) is 0 Å². The number of hydrogen-bond acceptors (Lipinski definition) is 4. The lowest BCUT2D eigenvalue weighted by molar-refractivity contribution is 0.0685. The Morgan fingerprint density at radius 2 is 2.05 bits per heavy atom. The molecule has 2 rings (SSSR count). The van der Waals surface area contributed by atoms with Crippen LogP contribution in [0.25, 0.3) is 0 Å². The number of amides is 1. The Hall–Kier alpha value is -2.64. The van der Waals surface area contributed by atoms with Gasteiger partial charge in [-0.2, -0.15) is 10.2 Å². The average Bonchev–Trinajstić information content (AvgIpc) is 2.93. The number of carboxylic acid groups (broad SMARTS) is 1. The van der Waals surface area contributed by atoms with Gasteiger partial charge >= 0.3 is 5.97 Å². The first-order valence-electron chi connectivity index (χ1n) is 6.04. The first-order chi connectivity index (χ1) is 9.42. The molecule has 0 aliphatic carbocycles. The molecular formula is C12H15N5O3. The number of carbonyl (C=O) groups excluding carboxylic acids is 1. The van der Waals surface area contributed by atoms with E-state index < -0.39 is 11.9 Å². The third-order valence-electron chi connectivity index (χ3n) is 2.79. The summed E-state index contributed by atoms with van der Waals surface area (Å²) in [6, 6.07) is 0. The zero-order chi connectivity index (χ0) is 14.9. The van der Waals surface area contributed by atoms with E-state index in [0.717, 1.165) is 0 Å². The van der Waals surface area contributed by atoms with Crippen molar-refractivity contribution in [2.45, 2.75) is 20.4 Å². The summed E-state index contributed by atoms with van der Waals surface area (Å²) in [5, 5.41) is 19.6. The van der Waals surface area contributed by atoms with Crippen molar-refractivity contribution >= 4 is 17.6 Å². The highest BCUT2D eigenvalue weighted by molar-refractivity contribution is 6.09. The molecule has 2 aromatic heterocycles. The molecule has 20 heavy (non-hydrogen) atoms. The smallest absolute Gasteiger partial charge is 0.357 e. The Balaban J connectivity index is 2.28. The van der Waals surface area contributed by atoms with E-state index in [-0.39, 0.29) is 11.3 Å². The van der Waals surface area contributed by atoms with Crippen LogP contribution in [0.4, 0.5) is 5.69 Å². The second kappa shape index (κ2) is 5.16. The summed E-state index contributed by atoms with van der Waals surface area (Å²) in [6.45, 7) is 4.38.